The van der Waals surface area contributed by atoms with Gasteiger partial charge in [-0.25, -0.2) is 0 Å². The van der Waals surface area contributed by atoms with Crippen molar-refractivity contribution in [2.75, 3.05) is 26.7 Å². The number of amides is 1. The van der Waals surface area contributed by atoms with Crippen molar-refractivity contribution in [3.05, 3.63) is 65.2 Å². The summed E-state index contributed by atoms with van der Waals surface area (Å²) in [6.45, 7) is 6.76. The lowest BCUT2D eigenvalue weighted by Gasteiger charge is -2.37. The van der Waals surface area contributed by atoms with Gasteiger partial charge in [-0.2, -0.15) is 0 Å². The van der Waals surface area contributed by atoms with Gasteiger partial charge in [0.1, 0.15) is 5.75 Å². The van der Waals surface area contributed by atoms with E-state index in [0.717, 1.165) is 23.4 Å². The minimum atomic E-state index is -0.0497. The summed E-state index contributed by atoms with van der Waals surface area (Å²) in [6.07, 6.45) is 0.189. The number of benzene rings is 2. The van der Waals surface area contributed by atoms with Crippen LogP contribution < -0.4 is 10.1 Å². The number of rotatable bonds is 6. The summed E-state index contributed by atoms with van der Waals surface area (Å²) in [6, 6.07) is 15.6. The van der Waals surface area contributed by atoms with Gasteiger partial charge in [0.05, 0.1) is 25.9 Å². The highest BCUT2D eigenvalue weighted by Gasteiger charge is 2.30. The Morgan fingerprint density at radius 1 is 1.19 bits per heavy atom. The van der Waals surface area contributed by atoms with E-state index in [1.54, 1.807) is 7.11 Å². The zero-order valence-corrected chi connectivity index (χ0v) is 16.3. The van der Waals surface area contributed by atoms with Gasteiger partial charge in [-0.3, -0.25) is 4.79 Å². The molecule has 0 bridgehead atoms. The number of hydrogen-bond donors (Lipinski definition) is 1. The Kier molecular flexibility index (Phi) is 6.48. The molecular formula is C22H28N2O3. The predicted molar refractivity (Wildman–Crippen MR) is 106 cm³/mol. The summed E-state index contributed by atoms with van der Waals surface area (Å²) < 4.78 is 11.1. The Bertz CT molecular complexity index is 758. The third kappa shape index (κ3) is 4.67. The molecule has 5 nitrogen and oxygen atoms in total. The first-order chi connectivity index (χ1) is 13.1. The summed E-state index contributed by atoms with van der Waals surface area (Å²) in [5, 5.41) is 3.39. The van der Waals surface area contributed by atoms with Gasteiger partial charge in [0, 0.05) is 30.8 Å². The molecule has 5 heteroatoms. The van der Waals surface area contributed by atoms with E-state index >= 15 is 0 Å². The number of nitrogens with one attached hydrogen (secondary N) is 1. The smallest absolute Gasteiger partial charge is 0.254 e. The highest BCUT2D eigenvalue weighted by Crippen LogP contribution is 2.31. The van der Waals surface area contributed by atoms with Crippen LogP contribution in [0.1, 0.15) is 41.4 Å². The van der Waals surface area contributed by atoms with Crippen molar-refractivity contribution >= 4 is 5.91 Å². The standard InChI is InChI=1S/C22H28N2O3/c1-16(2)27-15-17-8-10-18(11-9-17)22(25)24-13-12-23-14-20(24)19-6-4-5-7-21(19)26-3/h4-11,16,20,23H,12-15H2,1-3H3. The van der Waals surface area contributed by atoms with E-state index in [1.165, 1.54) is 0 Å². The van der Waals surface area contributed by atoms with Crippen LogP contribution in [0.4, 0.5) is 0 Å². The van der Waals surface area contributed by atoms with Gasteiger partial charge in [0.2, 0.25) is 0 Å². The maximum Gasteiger partial charge on any atom is 0.254 e. The Hall–Kier alpha value is -2.37. The molecule has 1 aliphatic heterocycles. The SMILES string of the molecule is COc1ccccc1C1CNCCN1C(=O)c1ccc(COC(C)C)cc1. The Balaban J connectivity index is 1.79. The summed E-state index contributed by atoms with van der Waals surface area (Å²) in [5.41, 5.74) is 2.80. The van der Waals surface area contributed by atoms with Gasteiger partial charge in [-0.05, 0) is 37.6 Å². The summed E-state index contributed by atoms with van der Waals surface area (Å²) in [5.74, 6) is 0.855. The second kappa shape index (κ2) is 9.02. The van der Waals surface area contributed by atoms with Crippen molar-refractivity contribution in [1.82, 2.24) is 10.2 Å². The normalized spacial score (nSPS) is 17.2. The highest BCUT2D eigenvalue weighted by molar-refractivity contribution is 5.94. The molecule has 1 amide bonds. The van der Waals surface area contributed by atoms with Crippen LogP contribution in [0.3, 0.4) is 0 Å². The summed E-state index contributed by atoms with van der Waals surface area (Å²) in [7, 11) is 1.67. The molecule has 3 rings (SSSR count). The molecule has 1 fully saturated rings. The molecule has 0 radical (unpaired) electrons. The number of carbonyl (C=O) groups is 1. The van der Waals surface area contributed by atoms with Crippen LogP contribution in [0, 0.1) is 0 Å². The second-order valence-corrected chi connectivity index (χ2v) is 7.02. The van der Waals surface area contributed by atoms with Crippen molar-refractivity contribution < 1.29 is 14.3 Å². The van der Waals surface area contributed by atoms with Crippen LogP contribution in [0.25, 0.3) is 0 Å². The molecule has 144 valence electrons. The first-order valence-electron chi connectivity index (χ1n) is 9.45. The lowest BCUT2D eigenvalue weighted by molar-refractivity contribution is 0.0627. The molecule has 0 aromatic heterocycles. The lowest BCUT2D eigenvalue weighted by atomic mass is 10.0. The summed E-state index contributed by atoms with van der Waals surface area (Å²) >= 11 is 0. The zero-order chi connectivity index (χ0) is 19.2. The molecule has 1 atom stereocenters. The van der Waals surface area contributed by atoms with Gasteiger partial charge >= 0.3 is 0 Å². The molecule has 1 unspecified atom stereocenters. The van der Waals surface area contributed by atoms with E-state index in [-0.39, 0.29) is 18.1 Å². The molecule has 1 saturated heterocycles. The number of ether oxygens (including phenoxy) is 2. The van der Waals surface area contributed by atoms with E-state index < -0.39 is 0 Å². The predicted octanol–water partition coefficient (Wildman–Crippen LogP) is 3.41. The van der Waals surface area contributed by atoms with Gasteiger partial charge in [-0.1, -0.05) is 30.3 Å². The van der Waals surface area contributed by atoms with Crippen LogP contribution >= 0.6 is 0 Å². The highest BCUT2D eigenvalue weighted by atomic mass is 16.5. The molecule has 2 aromatic rings. The molecule has 2 aromatic carbocycles. The van der Waals surface area contributed by atoms with Gasteiger partial charge < -0.3 is 19.7 Å². The van der Waals surface area contributed by atoms with Crippen LogP contribution in [-0.4, -0.2) is 43.7 Å². The fraction of sp³-hybridized carbons (Fsp3) is 0.409. The van der Waals surface area contributed by atoms with Crippen LogP contribution in [-0.2, 0) is 11.3 Å². The molecular weight excluding hydrogens is 340 g/mol. The first kappa shape index (κ1) is 19.4. The van der Waals surface area contributed by atoms with E-state index in [2.05, 4.69) is 5.32 Å². The molecule has 27 heavy (non-hydrogen) atoms. The third-order valence-corrected chi connectivity index (χ3v) is 4.79. The van der Waals surface area contributed by atoms with Crippen molar-refractivity contribution in [3.8, 4) is 5.75 Å². The zero-order valence-electron chi connectivity index (χ0n) is 16.3. The van der Waals surface area contributed by atoms with Gasteiger partial charge in [0.15, 0.2) is 0 Å². The molecule has 0 saturated carbocycles. The number of nitrogens with zero attached hydrogens (tertiary/aromatic N) is 1. The quantitative estimate of drug-likeness (QED) is 0.849. The van der Waals surface area contributed by atoms with E-state index in [1.807, 2.05) is 67.3 Å². The molecule has 0 spiro atoms. The number of hydrogen-bond acceptors (Lipinski definition) is 4. The average molecular weight is 368 g/mol. The maximum absolute atomic E-state index is 13.2. The van der Waals surface area contributed by atoms with Crippen molar-refractivity contribution in [1.29, 1.82) is 0 Å². The monoisotopic (exact) mass is 368 g/mol. The Labute approximate surface area is 161 Å². The van der Waals surface area contributed by atoms with Gasteiger partial charge in [0.25, 0.3) is 5.91 Å². The lowest BCUT2D eigenvalue weighted by Crippen LogP contribution is -2.48. The van der Waals surface area contributed by atoms with E-state index in [4.69, 9.17) is 9.47 Å². The van der Waals surface area contributed by atoms with Crippen LogP contribution in [0.2, 0.25) is 0 Å². The Morgan fingerprint density at radius 3 is 2.63 bits per heavy atom. The topological polar surface area (TPSA) is 50.8 Å². The fourth-order valence-corrected chi connectivity index (χ4v) is 3.34. The minimum absolute atomic E-state index is 0.0451. The van der Waals surface area contributed by atoms with Crippen molar-refractivity contribution in [2.24, 2.45) is 0 Å². The number of para-hydroxylation sites is 1. The molecule has 0 aliphatic carbocycles. The molecule has 1 heterocycles. The molecule has 1 aliphatic rings. The summed E-state index contributed by atoms with van der Waals surface area (Å²) in [4.78, 5) is 15.1. The third-order valence-electron chi connectivity index (χ3n) is 4.79. The number of methoxy groups -OCH3 is 1. The van der Waals surface area contributed by atoms with Crippen LogP contribution in [0.5, 0.6) is 5.75 Å². The largest absolute Gasteiger partial charge is 0.496 e. The first-order valence-corrected chi connectivity index (χ1v) is 9.45. The van der Waals surface area contributed by atoms with E-state index in [9.17, 15) is 4.79 Å². The molecule has 1 N–H and O–H groups in total. The average Bonchev–Trinajstić information content (AvgIpc) is 2.72. The van der Waals surface area contributed by atoms with Crippen molar-refractivity contribution in [3.63, 3.8) is 0 Å². The van der Waals surface area contributed by atoms with Crippen LogP contribution in [0.15, 0.2) is 48.5 Å². The second-order valence-electron chi connectivity index (χ2n) is 7.02. The van der Waals surface area contributed by atoms with Crippen molar-refractivity contribution in [2.45, 2.75) is 32.6 Å². The van der Waals surface area contributed by atoms with E-state index in [0.29, 0.717) is 25.3 Å². The Morgan fingerprint density at radius 2 is 1.93 bits per heavy atom. The minimum Gasteiger partial charge on any atom is -0.496 e. The number of carbonyl (C=O) groups excluding carboxylic acids is 1. The number of piperazine rings is 1. The maximum atomic E-state index is 13.2. The fourth-order valence-electron chi connectivity index (χ4n) is 3.34. The van der Waals surface area contributed by atoms with Gasteiger partial charge in [-0.15, -0.1) is 0 Å².